The van der Waals surface area contributed by atoms with Crippen LogP contribution >= 0.6 is 0 Å². The maximum atomic E-state index is 10.9. The average molecular weight is 256 g/mol. The Balaban J connectivity index is 2.79. The number of nitrogens with two attached hydrogens (primary N) is 1. The van der Waals surface area contributed by atoms with Gasteiger partial charge < -0.3 is 11.1 Å². The zero-order chi connectivity index (χ0) is 13.1. The van der Waals surface area contributed by atoms with E-state index in [2.05, 4.69) is 15.3 Å². The molecule has 0 amide bonds. The SMILES string of the molecule is CS(=O)CCNc1cc(N)nc(C(C)(C)C)n1. The second-order valence-electron chi connectivity index (χ2n) is 4.96. The summed E-state index contributed by atoms with van der Waals surface area (Å²) in [5, 5.41) is 3.11. The summed E-state index contributed by atoms with van der Waals surface area (Å²) in [7, 11) is -0.804. The molecule has 1 rings (SSSR count). The van der Waals surface area contributed by atoms with Crippen molar-refractivity contribution in [2.45, 2.75) is 26.2 Å². The molecule has 0 fully saturated rings. The molecular formula is C11H20N4OS. The van der Waals surface area contributed by atoms with E-state index in [1.165, 1.54) is 0 Å². The van der Waals surface area contributed by atoms with Crippen molar-refractivity contribution >= 4 is 22.4 Å². The zero-order valence-corrected chi connectivity index (χ0v) is 11.6. The Kier molecular flexibility index (Phi) is 4.45. The van der Waals surface area contributed by atoms with Crippen LogP contribution < -0.4 is 11.1 Å². The van der Waals surface area contributed by atoms with Crippen molar-refractivity contribution in [3.63, 3.8) is 0 Å². The first kappa shape index (κ1) is 13.9. The molecule has 0 saturated heterocycles. The van der Waals surface area contributed by atoms with Crippen LogP contribution in [0.2, 0.25) is 0 Å². The molecule has 0 radical (unpaired) electrons. The van der Waals surface area contributed by atoms with Crippen LogP contribution in [0.1, 0.15) is 26.6 Å². The Morgan fingerprint density at radius 2 is 2.06 bits per heavy atom. The molecule has 0 aromatic carbocycles. The van der Waals surface area contributed by atoms with Gasteiger partial charge >= 0.3 is 0 Å². The summed E-state index contributed by atoms with van der Waals surface area (Å²) in [5.74, 6) is 2.44. The van der Waals surface area contributed by atoms with Gasteiger partial charge in [-0.2, -0.15) is 0 Å². The molecule has 1 aromatic rings. The molecule has 6 heteroatoms. The van der Waals surface area contributed by atoms with Gasteiger partial charge in [0.05, 0.1) is 0 Å². The predicted molar refractivity (Wildman–Crippen MR) is 72.6 cm³/mol. The highest BCUT2D eigenvalue weighted by atomic mass is 32.2. The maximum absolute atomic E-state index is 10.9. The van der Waals surface area contributed by atoms with Crippen LogP contribution in [0.5, 0.6) is 0 Å². The molecule has 1 heterocycles. The van der Waals surface area contributed by atoms with Crippen LogP contribution in [0.15, 0.2) is 6.07 Å². The second kappa shape index (κ2) is 5.44. The molecule has 1 unspecified atom stereocenters. The van der Waals surface area contributed by atoms with Crippen LogP contribution in [0.25, 0.3) is 0 Å². The zero-order valence-electron chi connectivity index (χ0n) is 10.8. The summed E-state index contributed by atoms with van der Waals surface area (Å²) < 4.78 is 10.9. The molecule has 0 saturated carbocycles. The van der Waals surface area contributed by atoms with Crippen LogP contribution in [-0.2, 0) is 16.2 Å². The lowest BCUT2D eigenvalue weighted by molar-refractivity contribution is 0.547. The molecule has 3 N–H and O–H groups in total. The van der Waals surface area contributed by atoms with Gasteiger partial charge in [-0.05, 0) is 0 Å². The van der Waals surface area contributed by atoms with Crippen LogP contribution in [-0.4, -0.2) is 32.7 Å². The van der Waals surface area contributed by atoms with Gasteiger partial charge in [0.15, 0.2) is 0 Å². The van der Waals surface area contributed by atoms with Gasteiger partial charge in [0.2, 0.25) is 0 Å². The minimum atomic E-state index is -0.804. The number of nitrogens with one attached hydrogen (secondary N) is 1. The molecule has 0 aliphatic heterocycles. The number of hydrogen-bond donors (Lipinski definition) is 2. The molecule has 1 atom stereocenters. The Labute approximate surface area is 105 Å². The van der Waals surface area contributed by atoms with Crippen molar-refractivity contribution in [1.82, 2.24) is 9.97 Å². The highest BCUT2D eigenvalue weighted by molar-refractivity contribution is 7.84. The minimum absolute atomic E-state index is 0.139. The predicted octanol–water partition coefficient (Wildman–Crippen LogP) is 1.15. The molecule has 0 aliphatic carbocycles. The topological polar surface area (TPSA) is 80.9 Å². The standard InChI is InChI=1S/C11H20N4OS/c1-11(2,3)10-14-8(12)7-9(15-10)13-5-6-17(4)16/h7H,5-6H2,1-4H3,(H3,12,13,14,15). The van der Waals surface area contributed by atoms with E-state index in [1.54, 1.807) is 12.3 Å². The largest absolute Gasteiger partial charge is 0.384 e. The highest BCUT2D eigenvalue weighted by Gasteiger charge is 2.18. The van der Waals surface area contributed by atoms with Crippen molar-refractivity contribution in [2.24, 2.45) is 0 Å². The fourth-order valence-electron chi connectivity index (χ4n) is 1.21. The van der Waals surface area contributed by atoms with Crippen molar-refractivity contribution in [3.8, 4) is 0 Å². The summed E-state index contributed by atoms with van der Waals surface area (Å²) in [4.78, 5) is 8.62. The fraction of sp³-hybridized carbons (Fsp3) is 0.636. The molecule has 17 heavy (non-hydrogen) atoms. The molecule has 1 aromatic heterocycles. The molecule has 96 valence electrons. The lowest BCUT2D eigenvalue weighted by atomic mass is 9.96. The van der Waals surface area contributed by atoms with E-state index >= 15 is 0 Å². The number of rotatable bonds is 4. The maximum Gasteiger partial charge on any atom is 0.138 e. The molecule has 0 spiro atoms. The first-order valence-electron chi connectivity index (χ1n) is 5.48. The van der Waals surface area contributed by atoms with E-state index in [0.29, 0.717) is 29.8 Å². The first-order valence-corrected chi connectivity index (χ1v) is 7.20. The quantitative estimate of drug-likeness (QED) is 0.844. The summed E-state index contributed by atoms with van der Waals surface area (Å²) in [6.45, 7) is 6.72. The van der Waals surface area contributed by atoms with Gasteiger partial charge in [0.1, 0.15) is 17.5 Å². The van der Waals surface area contributed by atoms with E-state index in [9.17, 15) is 4.21 Å². The van der Waals surface area contributed by atoms with Crippen LogP contribution in [0.3, 0.4) is 0 Å². The van der Waals surface area contributed by atoms with Gasteiger partial charge in [0.25, 0.3) is 0 Å². The van der Waals surface area contributed by atoms with Crippen LogP contribution in [0, 0.1) is 0 Å². The van der Waals surface area contributed by atoms with E-state index in [4.69, 9.17) is 5.73 Å². The Bertz CT molecular complexity index is 414. The number of hydrogen-bond acceptors (Lipinski definition) is 5. The summed E-state index contributed by atoms with van der Waals surface area (Å²) in [6.07, 6.45) is 1.68. The van der Waals surface area contributed by atoms with Crippen molar-refractivity contribution in [2.75, 3.05) is 29.6 Å². The average Bonchev–Trinajstić information content (AvgIpc) is 2.14. The van der Waals surface area contributed by atoms with Gasteiger partial charge in [0, 0.05) is 40.8 Å². The molecular weight excluding hydrogens is 236 g/mol. The number of nitrogens with zero attached hydrogens (tertiary/aromatic N) is 2. The normalized spacial score (nSPS) is 13.4. The Hall–Kier alpha value is -1.17. The lowest BCUT2D eigenvalue weighted by Gasteiger charge is -2.18. The Morgan fingerprint density at radius 3 is 2.59 bits per heavy atom. The van der Waals surface area contributed by atoms with Gasteiger partial charge in [-0.15, -0.1) is 0 Å². The van der Waals surface area contributed by atoms with E-state index in [1.807, 2.05) is 20.8 Å². The third-order valence-corrected chi connectivity index (χ3v) is 2.89. The second-order valence-corrected chi connectivity index (χ2v) is 6.51. The van der Waals surface area contributed by atoms with Gasteiger partial charge in [-0.25, -0.2) is 9.97 Å². The third-order valence-electron chi connectivity index (χ3n) is 2.11. The number of aromatic nitrogens is 2. The van der Waals surface area contributed by atoms with Gasteiger partial charge in [-0.3, -0.25) is 4.21 Å². The summed E-state index contributed by atoms with van der Waals surface area (Å²) >= 11 is 0. The molecule has 0 aliphatic rings. The van der Waals surface area contributed by atoms with Crippen molar-refractivity contribution < 1.29 is 4.21 Å². The number of anilines is 2. The van der Waals surface area contributed by atoms with Gasteiger partial charge in [-0.1, -0.05) is 20.8 Å². The van der Waals surface area contributed by atoms with E-state index < -0.39 is 10.8 Å². The first-order chi connectivity index (χ1) is 7.79. The van der Waals surface area contributed by atoms with Crippen LogP contribution in [0.4, 0.5) is 11.6 Å². The molecule has 5 nitrogen and oxygen atoms in total. The monoisotopic (exact) mass is 256 g/mol. The van der Waals surface area contributed by atoms with Crippen molar-refractivity contribution in [1.29, 1.82) is 0 Å². The Morgan fingerprint density at radius 1 is 1.41 bits per heavy atom. The van der Waals surface area contributed by atoms with Crippen molar-refractivity contribution in [3.05, 3.63) is 11.9 Å². The van der Waals surface area contributed by atoms with E-state index in [-0.39, 0.29) is 5.41 Å². The fourth-order valence-corrected chi connectivity index (χ4v) is 1.60. The van der Waals surface area contributed by atoms with E-state index in [0.717, 1.165) is 0 Å². The number of nitrogen functional groups attached to an aromatic ring is 1. The summed E-state index contributed by atoms with van der Waals surface area (Å²) in [5.41, 5.74) is 5.60. The third kappa shape index (κ3) is 4.68. The summed E-state index contributed by atoms with van der Waals surface area (Å²) in [6, 6.07) is 1.69. The molecule has 0 bridgehead atoms. The minimum Gasteiger partial charge on any atom is -0.384 e. The highest BCUT2D eigenvalue weighted by Crippen LogP contribution is 2.20. The lowest BCUT2D eigenvalue weighted by Crippen LogP contribution is -2.19. The smallest absolute Gasteiger partial charge is 0.138 e.